The highest BCUT2D eigenvalue weighted by Crippen LogP contribution is 2.38. The van der Waals surface area contributed by atoms with Gasteiger partial charge >= 0.3 is 5.97 Å². The second kappa shape index (κ2) is 5.77. The van der Waals surface area contributed by atoms with Crippen molar-refractivity contribution in [1.29, 1.82) is 0 Å². The Kier molecular flexibility index (Phi) is 4.39. The summed E-state index contributed by atoms with van der Waals surface area (Å²) in [4.78, 5) is 11.9. The van der Waals surface area contributed by atoms with Gasteiger partial charge in [0.15, 0.2) is 0 Å². The average Bonchev–Trinajstić information content (AvgIpc) is 2.85. The van der Waals surface area contributed by atoms with E-state index in [0.717, 1.165) is 5.56 Å². The van der Waals surface area contributed by atoms with E-state index >= 15 is 0 Å². The molecule has 0 spiro atoms. The molecule has 1 unspecified atom stereocenters. The molecule has 5 nitrogen and oxygen atoms in total. The summed E-state index contributed by atoms with van der Waals surface area (Å²) in [6, 6.07) is 6.54. The third kappa shape index (κ3) is 2.70. The number of carbonyl (C=O) groups is 1. The number of hydrogen-bond acceptors (Lipinski definition) is 3. The van der Waals surface area contributed by atoms with Crippen LogP contribution in [0.4, 0.5) is 0 Å². The highest BCUT2D eigenvalue weighted by molar-refractivity contribution is 7.89. The first-order valence-corrected chi connectivity index (χ1v) is 8.61. The molecule has 0 amide bonds. The van der Waals surface area contributed by atoms with Crippen molar-refractivity contribution >= 4 is 16.0 Å². The zero-order chi connectivity index (χ0) is 15.7. The minimum Gasteiger partial charge on any atom is -0.480 e. The van der Waals surface area contributed by atoms with E-state index in [1.54, 1.807) is 24.3 Å². The first kappa shape index (κ1) is 16.0. The van der Waals surface area contributed by atoms with Crippen LogP contribution in [0.15, 0.2) is 29.2 Å². The lowest BCUT2D eigenvalue weighted by Gasteiger charge is -2.33. The van der Waals surface area contributed by atoms with Crippen molar-refractivity contribution in [3.8, 4) is 0 Å². The van der Waals surface area contributed by atoms with Gasteiger partial charge in [0.1, 0.15) is 5.54 Å². The third-order valence-electron chi connectivity index (χ3n) is 4.10. The molecule has 1 aromatic rings. The molecule has 1 aromatic carbocycles. The predicted molar refractivity (Wildman–Crippen MR) is 79.6 cm³/mol. The van der Waals surface area contributed by atoms with Crippen molar-refractivity contribution in [2.75, 3.05) is 6.54 Å². The van der Waals surface area contributed by atoms with Crippen LogP contribution in [0, 0.1) is 6.92 Å². The zero-order valence-corrected chi connectivity index (χ0v) is 13.2. The Bertz CT molecular complexity index is 624. The average molecular weight is 311 g/mol. The Labute approximate surface area is 125 Å². The Morgan fingerprint density at radius 3 is 2.48 bits per heavy atom. The quantitative estimate of drug-likeness (QED) is 0.906. The number of benzene rings is 1. The van der Waals surface area contributed by atoms with Gasteiger partial charge < -0.3 is 5.11 Å². The summed E-state index contributed by atoms with van der Waals surface area (Å²) in [6.45, 7) is 4.02. The van der Waals surface area contributed by atoms with Gasteiger partial charge in [0, 0.05) is 6.54 Å². The second-order valence-electron chi connectivity index (χ2n) is 5.58. The normalized spacial score (nSPS) is 23.3. The molecule has 1 fully saturated rings. The molecule has 1 aliphatic rings. The molecule has 21 heavy (non-hydrogen) atoms. The van der Waals surface area contributed by atoms with E-state index < -0.39 is 21.5 Å². The van der Waals surface area contributed by atoms with Gasteiger partial charge in [0.25, 0.3) is 0 Å². The van der Waals surface area contributed by atoms with Crippen LogP contribution >= 0.6 is 0 Å². The van der Waals surface area contributed by atoms with E-state index in [4.69, 9.17) is 0 Å². The molecule has 1 saturated heterocycles. The Balaban J connectivity index is 2.47. The first-order valence-electron chi connectivity index (χ1n) is 7.17. The van der Waals surface area contributed by atoms with Crippen LogP contribution in [0.25, 0.3) is 0 Å². The fraction of sp³-hybridized carbons (Fsp3) is 0.533. The van der Waals surface area contributed by atoms with Crippen LogP contribution in [0.2, 0.25) is 0 Å². The molecule has 1 heterocycles. The Morgan fingerprint density at radius 1 is 1.33 bits per heavy atom. The number of hydrogen-bond donors (Lipinski definition) is 1. The smallest absolute Gasteiger partial charge is 0.325 e. The van der Waals surface area contributed by atoms with Gasteiger partial charge in [0.2, 0.25) is 10.0 Å². The highest BCUT2D eigenvalue weighted by atomic mass is 32.2. The molecule has 1 atom stereocenters. The van der Waals surface area contributed by atoms with Crippen LogP contribution in [0.1, 0.15) is 38.2 Å². The van der Waals surface area contributed by atoms with Gasteiger partial charge in [0.05, 0.1) is 4.90 Å². The standard InChI is InChI=1S/C15H21NO4S/c1-3-9-15(14(17)18)10-4-11-16(15)21(19,20)13-7-5-12(2)6-8-13/h5-8H,3-4,9-11H2,1-2H3,(H,17,18). The minimum atomic E-state index is -3.78. The minimum absolute atomic E-state index is 0.164. The van der Waals surface area contributed by atoms with Gasteiger partial charge in [-0.15, -0.1) is 0 Å². The van der Waals surface area contributed by atoms with E-state index in [9.17, 15) is 18.3 Å². The van der Waals surface area contributed by atoms with Crippen molar-refractivity contribution in [2.45, 2.75) is 50.0 Å². The van der Waals surface area contributed by atoms with Crippen LogP contribution in [-0.2, 0) is 14.8 Å². The van der Waals surface area contributed by atoms with Gasteiger partial charge in [-0.2, -0.15) is 4.31 Å². The van der Waals surface area contributed by atoms with Gasteiger partial charge in [-0.05, 0) is 38.3 Å². The third-order valence-corrected chi connectivity index (χ3v) is 6.08. The second-order valence-corrected chi connectivity index (χ2v) is 7.44. The molecule has 0 aliphatic carbocycles. The molecule has 1 aliphatic heterocycles. The maximum atomic E-state index is 12.8. The lowest BCUT2D eigenvalue weighted by atomic mass is 9.92. The van der Waals surface area contributed by atoms with Gasteiger partial charge in [-0.1, -0.05) is 31.0 Å². The van der Waals surface area contributed by atoms with E-state index in [1.807, 2.05) is 13.8 Å². The van der Waals surface area contributed by atoms with Crippen molar-refractivity contribution in [1.82, 2.24) is 4.31 Å². The van der Waals surface area contributed by atoms with Crippen LogP contribution in [-0.4, -0.2) is 35.9 Å². The maximum absolute atomic E-state index is 12.8. The van der Waals surface area contributed by atoms with Crippen molar-refractivity contribution in [2.24, 2.45) is 0 Å². The lowest BCUT2D eigenvalue weighted by molar-refractivity contribution is -0.147. The molecular weight excluding hydrogens is 290 g/mol. The molecule has 0 saturated carbocycles. The molecule has 0 aromatic heterocycles. The molecular formula is C15H21NO4S. The number of aliphatic carboxylic acids is 1. The molecule has 2 rings (SSSR count). The van der Waals surface area contributed by atoms with E-state index in [2.05, 4.69) is 0 Å². The number of sulfonamides is 1. The zero-order valence-electron chi connectivity index (χ0n) is 12.4. The van der Waals surface area contributed by atoms with E-state index in [0.29, 0.717) is 25.7 Å². The monoisotopic (exact) mass is 311 g/mol. The van der Waals surface area contributed by atoms with E-state index in [1.165, 1.54) is 4.31 Å². The molecule has 0 radical (unpaired) electrons. The number of rotatable bonds is 5. The molecule has 0 bridgehead atoms. The topological polar surface area (TPSA) is 74.7 Å². The Morgan fingerprint density at radius 2 is 1.95 bits per heavy atom. The maximum Gasteiger partial charge on any atom is 0.325 e. The summed E-state index contributed by atoms with van der Waals surface area (Å²) >= 11 is 0. The predicted octanol–water partition coefficient (Wildman–Crippen LogP) is 2.40. The van der Waals surface area contributed by atoms with Crippen molar-refractivity contribution in [3.63, 3.8) is 0 Å². The summed E-state index contributed by atoms with van der Waals surface area (Å²) < 4.78 is 26.8. The molecule has 116 valence electrons. The lowest BCUT2D eigenvalue weighted by Crippen LogP contribution is -2.52. The van der Waals surface area contributed by atoms with Gasteiger partial charge in [-0.25, -0.2) is 8.42 Å². The number of nitrogens with zero attached hydrogens (tertiary/aromatic N) is 1. The molecule has 1 N–H and O–H groups in total. The molecule has 6 heteroatoms. The number of carboxylic acid groups (broad SMARTS) is 1. The van der Waals surface area contributed by atoms with E-state index in [-0.39, 0.29) is 11.4 Å². The van der Waals surface area contributed by atoms with Gasteiger partial charge in [-0.3, -0.25) is 4.79 Å². The first-order chi connectivity index (χ1) is 9.84. The summed E-state index contributed by atoms with van der Waals surface area (Å²) in [5.74, 6) is -1.04. The van der Waals surface area contributed by atoms with Crippen LogP contribution < -0.4 is 0 Å². The fourth-order valence-electron chi connectivity index (χ4n) is 3.03. The van der Waals surface area contributed by atoms with Crippen LogP contribution in [0.5, 0.6) is 0 Å². The fourth-order valence-corrected chi connectivity index (χ4v) is 4.85. The largest absolute Gasteiger partial charge is 0.480 e. The van der Waals surface area contributed by atoms with Crippen LogP contribution in [0.3, 0.4) is 0 Å². The number of aryl methyl sites for hydroxylation is 1. The highest BCUT2D eigenvalue weighted by Gasteiger charge is 2.52. The summed E-state index contributed by atoms with van der Waals surface area (Å²) in [7, 11) is -3.78. The summed E-state index contributed by atoms with van der Waals surface area (Å²) in [5, 5.41) is 9.61. The summed E-state index contributed by atoms with van der Waals surface area (Å²) in [5.41, 5.74) is -0.327. The van der Waals surface area contributed by atoms with Crippen molar-refractivity contribution < 1.29 is 18.3 Å². The summed E-state index contributed by atoms with van der Waals surface area (Å²) in [6.07, 6.45) is 1.93. The van der Waals surface area contributed by atoms with Crippen molar-refractivity contribution in [3.05, 3.63) is 29.8 Å². The number of carboxylic acids is 1. The Hall–Kier alpha value is -1.40. The SMILES string of the molecule is CCCC1(C(=O)O)CCCN1S(=O)(=O)c1ccc(C)cc1.